The van der Waals surface area contributed by atoms with Gasteiger partial charge < -0.3 is 11.1 Å². The molecule has 0 aromatic heterocycles. The van der Waals surface area contributed by atoms with Crippen LogP contribution in [0.5, 0.6) is 0 Å². The van der Waals surface area contributed by atoms with E-state index in [4.69, 9.17) is 11.0 Å². The fraction of sp³-hybridized carbons (Fsp3) is 0.364. The zero-order valence-corrected chi connectivity index (χ0v) is 8.79. The number of rotatable bonds is 3. The minimum atomic E-state index is -0.412. The molecular formula is C11H14FN3. The molecule has 2 atom stereocenters. The van der Waals surface area contributed by atoms with Crippen LogP contribution in [0.3, 0.4) is 0 Å². The lowest BCUT2D eigenvalue weighted by molar-refractivity contribution is 0.624. The molecule has 0 heterocycles. The van der Waals surface area contributed by atoms with Gasteiger partial charge in [-0.05, 0) is 32.0 Å². The van der Waals surface area contributed by atoms with Crippen molar-refractivity contribution < 1.29 is 4.39 Å². The molecule has 0 saturated heterocycles. The van der Waals surface area contributed by atoms with Gasteiger partial charge in [-0.2, -0.15) is 5.26 Å². The van der Waals surface area contributed by atoms with Gasteiger partial charge in [0.1, 0.15) is 11.9 Å². The summed E-state index contributed by atoms with van der Waals surface area (Å²) in [5.41, 5.74) is 6.59. The predicted octanol–water partition coefficient (Wildman–Crippen LogP) is 1.84. The Morgan fingerprint density at radius 3 is 2.67 bits per heavy atom. The summed E-state index contributed by atoms with van der Waals surface area (Å²) >= 11 is 0. The van der Waals surface area contributed by atoms with E-state index in [1.54, 1.807) is 6.07 Å². The highest BCUT2D eigenvalue weighted by Gasteiger charge is 2.10. The Balaban J connectivity index is 2.91. The van der Waals surface area contributed by atoms with Gasteiger partial charge in [-0.15, -0.1) is 0 Å². The van der Waals surface area contributed by atoms with Crippen molar-refractivity contribution in [1.82, 2.24) is 0 Å². The second kappa shape index (κ2) is 4.76. The fourth-order valence-corrected chi connectivity index (χ4v) is 1.11. The van der Waals surface area contributed by atoms with Crippen molar-refractivity contribution in [1.29, 1.82) is 5.26 Å². The van der Waals surface area contributed by atoms with Crippen LogP contribution in [0.2, 0.25) is 0 Å². The molecule has 3 N–H and O–H groups in total. The van der Waals surface area contributed by atoms with Gasteiger partial charge in [0.2, 0.25) is 0 Å². The molecule has 0 amide bonds. The number of nitriles is 1. The maximum atomic E-state index is 12.8. The van der Waals surface area contributed by atoms with Crippen molar-refractivity contribution in [3.05, 3.63) is 29.6 Å². The second-order valence-electron chi connectivity index (χ2n) is 3.59. The second-order valence-corrected chi connectivity index (χ2v) is 3.59. The highest BCUT2D eigenvalue weighted by Crippen LogP contribution is 2.17. The molecule has 1 aromatic carbocycles. The fourth-order valence-electron chi connectivity index (χ4n) is 1.11. The molecular weight excluding hydrogens is 193 g/mol. The summed E-state index contributed by atoms with van der Waals surface area (Å²) in [6.45, 7) is 3.78. The lowest BCUT2D eigenvalue weighted by Crippen LogP contribution is -2.35. The number of nitrogens with zero attached hydrogens (tertiary/aromatic N) is 1. The highest BCUT2D eigenvalue weighted by atomic mass is 19.1. The van der Waals surface area contributed by atoms with Crippen molar-refractivity contribution in [2.24, 2.45) is 5.73 Å². The summed E-state index contributed by atoms with van der Waals surface area (Å²) in [4.78, 5) is 0. The van der Waals surface area contributed by atoms with E-state index in [-0.39, 0.29) is 12.1 Å². The Bertz CT molecular complexity index is 382. The summed E-state index contributed by atoms with van der Waals surface area (Å²) in [5, 5.41) is 11.9. The molecule has 0 aliphatic rings. The van der Waals surface area contributed by atoms with Crippen LogP contribution in [0.4, 0.5) is 10.1 Å². The quantitative estimate of drug-likeness (QED) is 0.795. The third-order valence-corrected chi connectivity index (χ3v) is 2.27. The molecule has 15 heavy (non-hydrogen) atoms. The maximum absolute atomic E-state index is 12.8. The lowest BCUT2D eigenvalue weighted by Gasteiger charge is -2.19. The molecule has 0 spiro atoms. The van der Waals surface area contributed by atoms with Gasteiger partial charge in [-0.3, -0.25) is 0 Å². The summed E-state index contributed by atoms with van der Waals surface area (Å²) in [6, 6.07) is 6.00. The summed E-state index contributed by atoms with van der Waals surface area (Å²) < 4.78 is 12.8. The first-order chi connectivity index (χ1) is 7.04. The van der Waals surface area contributed by atoms with E-state index >= 15 is 0 Å². The Morgan fingerprint density at radius 2 is 2.13 bits per heavy atom. The van der Waals surface area contributed by atoms with Crippen molar-refractivity contribution >= 4 is 5.69 Å². The van der Waals surface area contributed by atoms with Gasteiger partial charge in [0.15, 0.2) is 0 Å². The number of anilines is 1. The molecule has 1 aromatic rings. The predicted molar refractivity (Wildman–Crippen MR) is 57.8 cm³/mol. The van der Waals surface area contributed by atoms with Crippen LogP contribution < -0.4 is 11.1 Å². The molecule has 2 unspecified atom stereocenters. The number of hydrogen-bond acceptors (Lipinski definition) is 3. The van der Waals surface area contributed by atoms with Gasteiger partial charge >= 0.3 is 0 Å². The van der Waals surface area contributed by atoms with E-state index in [2.05, 4.69) is 5.32 Å². The molecule has 0 fully saturated rings. The summed E-state index contributed by atoms with van der Waals surface area (Å²) in [7, 11) is 0. The van der Waals surface area contributed by atoms with Crippen LogP contribution in [-0.4, -0.2) is 12.1 Å². The highest BCUT2D eigenvalue weighted by molar-refractivity contribution is 5.57. The van der Waals surface area contributed by atoms with Crippen molar-refractivity contribution in [2.75, 3.05) is 5.32 Å². The number of halogens is 1. The molecule has 0 aliphatic heterocycles. The average Bonchev–Trinajstić information content (AvgIpc) is 2.20. The topological polar surface area (TPSA) is 61.8 Å². The van der Waals surface area contributed by atoms with Crippen molar-refractivity contribution in [3.8, 4) is 6.07 Å². The summed E-state index contributed by atoms with van der Waals surface area (Å²) in [5.74, 6) is -0.412. The smallest absolute Gasteiger partial charge is 0.124 e. The average molecular weight is 207 g/mol. The Hall–Kier alpha value is -1.60. The van der Waals surface area contributed by atoms with Crippen LogP contribution in [-0.2, 0) is 0 Å². The Kier molecular flexibility index (Phi) is 3.64. The first-order valence-electron chi connectivity index (χ1n) is 4.76. The normalized spacial score (nSPS) is 14.1. The number of nitrogens with two attached hydrogens (primary N) is 1. The third-order valence-electron chi connectivity index (χ3n) is 2.27. The van der Waals surface area contributed by atoms with E-state index in [0.717, 1.165) is 0 Å². The lowest BCUT2D eigenvalue weighted by atomic mass is 10.1. The molecule has 0 saturated carbocycles. The number of hydrogen-bond donors (Lipinski definition) is 2. The minimum absolute atomic E-state index is 0.0301. The molecule has 4 heteroatoms. The van der Waals surface area contributed by atoms with Gasteiger partial charge in [0.05, 0.1) is 11.3 Å². The molecule has 3 nitrogen and oxygen atoms in total. The standard InChI is InChI=1S/C11H14FN3/c1-7(14)8(2)15-11-4-3-10(12)5-9(11)6-13/h3-5,7-8,15H,14H2,1-2H3. The van der Waals surface area contributed by atoms with Crippen molar-refractivity contribution in [3.63, 3.8) is 0 Å². The van der Waals surface area contributed by atoms with Gasteiger partial charge in [0, 0.05) is 12.1 Å². The molecule has 0 radical (unpaired) electrons. The number of nitrogens with one attached hydrogen (secondary N) is 1. The van der Waals surface area contributed by atoms with E-state index < -0.39 is 5.82 Å². The van der Waals surface area contributed by atoms with Crippen LogP contribution in [0.15, 0.2) is 18.2 Å². The third kappa shape index (κ3) is 2.93. The summed E-state index contributed by atoms with van der Waals surface area (Å²) in [6.07, 6.45) is 0. The number of benzene rings is 1. The van der Waals surface area contributed by atoms with Gasteiger partial charge in [-0.25, -0.2) is 4.39 Å². The molecule has 0 aliphatic carbocycles. The monoisotopic (exact) mass is 207 g/mol. The molecule has 80 valence electrons. The van der Waals surface area contributed by atoms with Crippen LogP contribution in [0.25, 0.3) is 0 Å². The minimum Gasteiger partial charge on any atom is -0.380 e. The zero-order chi connectivity index (χ0) is 11.4. The van der Waals surface area contributed by atoms with Crippen LogP contribution >= 0.6 is 0 Å². The van der Waals surface area contributed by atoms with E-state index in [0.29, 0.717) is 11.3 Å². The zero-order valence-electron chi connectivity index (χ0n) is 8.79. The molecule has 0 bridgehead atoms. The van der Waals surface area contributed by atoms with E-state index in [1.165, 1.54) is 12.1 Å². The van der Waals surface area contributed by atoms with Crippen LogP contribution in [0, 0.1) is 17.1 Å². The van der Waals surface area contributed by atoms with Crippen molar-refractivity contribution in [2.45, 2.75) is 25.9 Å². The van der Waals surface area contributed by atoms with Gasteiger partial charge in [0.25, 0.3) is 0 Å². The Labute approximate surface area is 88.7 Å². The van der Waals surface area contributed by atoms with E-state index in [1.807, 2.05) is 19.9 Å². The SMILES string of the molecule is CC(N)C(C)Nc1ccc(F)cc1C#N. The van der Waals surface area contributed by atoms with Crippen LogP contribution in [0.1, 0.15) is 19.4 Å². The Morgan fingerprint density at radius 1 is 1.47 bits per heavy atom. The first-order valence-corrected chi connectivity index (χ1v) is 4.76. The first kappa shape index (κ1) is 11.5. The maximum Gasteiger partial charge on any atom is 0.124 e. The molecule has 1 rings (SSSR count). The largest absolute Gasteiger partial charge is 0.380 e. The van der Waals surface area contributed by atoms with E-state index in [9.17, 15) is 4.39 Å². The van der Waals surface area contributed by atoms with Gasteiger partial charge in [-0.1, -0.05) is 0 Å².